The number of nitrogens with zero attached hydrogens (tertiary/aromatic N) is 2. The van der Waals surface area contributed by atoms with Crippen LogP contribution < -0.4 is 9.47 Å². The SMILES string of the molecule is COc1ccc(C(C)=O)c(OCc2nnc(SC)s2)c1. The number of carbonyl (C=O) groups is 1. The highest BCUT2D eigenvalue weighted by Gasteiger charge is 2.11. The lowest BCUT2D eigenvalue weighted by Gasteiger charge is -2.10. The lowest BCUT2D eigenvalue weighted by Crippen LogP contribution is -2.02. The first kappa shape index (κ1) is 14.8. The van der Waals surface area contributed by atoms with Crippen molar-refractivity contribution < 1.29 is 14.3 Å². The highest BCUT2D eigenvalue weighted by atomic mass is 32.2. The van der Waals surface area contributed by atoms with Crippen LogP contribution >= 0.6 is 23.1 Å². The van der Waals surface area contributed by atoms with E-state index < -0.39 is 0 Å². The molecule has 2 rings (SSSR count). The van der Waals surface area contributed by atoms with Gasteiger partial charge in [-0.05, 0) is 25.3 Å². The number of carbonyl (C=O) groups excluding carboxylic acids is 1. The van der Waals surface area contributed by atoms with Crippen molar-refractivity contribution in [3.63, 3.8) is 0 Å². The largest absolute Gasteiger partial charge is 0.497 e. The molecular weight excluding hydrogens is 296 g/mol. The van der Waals surface area contributed by atoms with E-state index in [2.05, 4.69) is 10.2 Å². The van der Waals surface area contributed by atoms with Gasteiger partial charge in [0.15, 0.2) is 15.1 Å². The van der Waals surface area contributed by atoms with Crippen molar-refractivity contribution in [1.82, 2.24) is 10.2 Å². The van der Waals surface area contributed by atoms with Crippen LogP contribution in [-0.2, 0) is 6.61 Å². The van der Waals surface area contributed by atoms with Crippen LogP contribution in [0.25, 0.3) is 0 Å². The van der Waals surface area contributed by atoms with E-state index in [0.717, 1.165) is 9.35 Å². The van der Waals surface area contributed by atoms with Crippen molar-refractivity contribution in [2.24, 2.45) is 0 Å². The van der Waals surface area contributed by atoms with Gasteiger partial charge in [0.1, 0.15) is 18.1 Å². The lowest BCUT2D eigenvalue weighted by atomic mass is 10.1. The number of aromatic nitrogens is 2. The number of Topliss-reactive ketones (excluding diaryl/α,β-unsaturated/α-hetero) is 1. The molecule has 1 aromatic carbocycles. The lowest BCUT2D eigenvalue weighted by molar-refractivity contribution is 0.101. The van der Waals surface area contributed by atoms with Gasteiger partial charge in [0.25, 0.3) is 0 Å². The standard InChI is InChI=1S/C13H14N2O3S2/c1-8(16)10-5-4-9(17-2)6-11(10)18-7-12-14-15-13(19-3)20-12/h4-6H,7H2,1-3H3. The molecule has 106 valence electrons. The van der Waals surface area contributed by atoms with Gasteiger partial charge in [-0.1, -0.05) is 23.1 Å². The van der Waals surface area contributed by atoms with Gasteiger partial charge in [-0.25, -0.2) is 0 Å². The first-order valence-corrected chi connectivity index (χ1v) is 7.86. The smallest absolute Gasteiger partial charge is 0.174 e. The van der Waals surface area contributed by atoms with Crippen molar-refractivity contribution in [1.29, 1.82) is 0 Å². The van der Waals surface area contributed by atoms with Gasteiger partial charge in [0, 0.05) is 6.07 Å². The highest BCUT2D eigenvalue weighted by Crippen LogP contribution is 2.27. The summed E-state index contributed by atoms with van der Waals surface area (Å²) in [6, 6.07) is 5.14. The quantitative estimate of drug-likeness (QED) is 0.603. The maximum atomic E-state index is 11.6. The summed E-state index contributed by atoms with van der Waals surface area (Å²) < 4.78 is 11.7. The molecule has 0 N–H and O–H groups in total. The van der Waals surface area contributed by atoms with Crippen LogP contribution in [0.1, 0.15) is 22.3 Å². The fourth-order valence-electron chi connectivity index (χ4n) is 1.56. The zero-order valence-corrected chi connectivity index (χ0v) is 13.0. The van der Waals surface area contributed by atoms with Crippen LogP contribution in [0.15, 0.2) is 22.5 Å². The zero-order chi connectivity index (χ0) is 14.5. The van der Waals surface area contributed by atoms with Gasteiger partial charge < -0.3 is 9.47 Å². The minimum absolute atomic E-state index is 0.0512. The monoisotopic (exact) mass is 310 g/mol. The first-order valence-electron chi connectivity index (χ1n) is 5.82. The number of hydrogen-bond donors (Lipinski definition) is 0. The Morgan fingerprint density at radius 3 is 2.80 bits per heavy atom. The summed E-state index contributed by atoms with van der Waals surface area (Å²) in [4.78, 5) is 11.6. The van der Waals surface area contributed by atoms with Crippen molar-refractivity contribution in [2.45, 2.75) is 17.9 Å². The Morgan fingerprint density at radius 2 is 2.20 bits per heavy atom. The van der Waals surface area contributed by atoms with Crippen molar-refractivity contribution >= 4 is 28.9 Å². The molecule has 0 atom stereocenters. The second-order valence-electron chi connectivity index (χ2n) is 3.87. The van der Waals surface area contributed by atoms with Gasteiger partial charge in [-0.3, -0.25) is 4.79 Å². The molecule has 0 aliphatic carbocycles. The van der Waals surface area contributed by atoms with E-state index in [1.807, 2.05) is 6.26 Å². The average Bonchev–Trinajstić information content (AvgIpc) is 2.92. The molecule has 1 aromatic heterocycles. The molecule has 0 radical (unpaired) electrons. The molecule has 0 aliphatic heterocycles. The minimum atomic E-state index is -0.0512. The maximum Gasteiger partial charge on any atom is 0.174 e. The Bertz CT molecular complexity index is 613. The molecule has 0 saturated carbocycles. The molecule has 0 aliphatic rings. The van der Waals surface area contributed by atoms with Gasteiger partial charge in [0.2, 0.25) is 0 Å². The van der Waals surface area contributed by atoms with E-state index in [4.69, 9.17) is 9.47 Å². The number of rotatable bonds is 6. The van der Waals surface area contributed by atoms with Crippen LogP contribution in [0.4, 0.5) is 0 Å². The molecule has 0 spiro atoms. The Kier molecular flexibility index (Phi) is 4.97. The summed E-state index contributed by atoms with van der Waals surface area (Å²) in [6.45, 7) is 1.79. The number of hydrogen-bond acceptors (Lipinski definition) is 7. The highest BCUT2D eigenvalue weighted by molar-refractivity contribution is 8.00. The van der Waals surface area contributed by atoms with Crippen LogP contribution in [0, 0.1) is 0 Å². The predicted octanol–water partition coefficient (Wildman–Crippen LogP) is 3.05. The number of benzene rings is 1. The van der Waals surface area contributed by atoms with Crippen LogP contribution in [0.5, 0.6) is 11.5 Å². The number of ether oxygens (including phenoxy) is 2. The van der Waals surface area contributed by atoms with Gasteiger partial charge in [-0.15, -0.1) is 10.2 Å². The predicted molar refractivity (Wildman–Crippen MR) is 79.0 cm³/mol. The summed E-state index contributed by atoms with van der Waals surface area (Å²) in [5.74, 6) is 1.09. The Morgan fingerprint density at radius 1 is 1.40 bits per heavy atom. The van der Waals surface area contributed by atoms with E-state index in [0.29, 0.717) is 17.1 Å². The average molecular weight is 310 g/mol. The summed E-state index contributed by atoms with van der Waals surface area (Å²) >= 11 is 3.02. The third-order valence-corrected chi connectivity index (χ3v) is 4.41. The molecule has 5 nitrogen and oxygen atoms in total. The maximum absolute atomic E-state index is 11.6. The van der Waals surface area contributed by atoms with E-state index in [1.165, 1.54) is 18.3 Å². The van der Waals surface area contributed by atoms with E-state index >= 15 is 0 Å². The number of ketones is 1. The van der Waals surface area contributed by atoms with Crippen molar-refractivity contribution in [3.8, 4) is 11.5 Å². The van der Waals surface area contributed by atoms with Crippen molar-refractivity contribution in [2.75, 3.05) is 13.4 Å². The van der Waals surface area contributed by atoms with Crippen molar-refractivity contribution in [3.05, 3.63) is 28.8 Å². The first-order chi connectivity index (χ1) is 9.63. The summed E-state index contributed by atoms with van der Waals surface area (Å²) in [6.07, 6.45) is 1.95. The van der Waals surface area contributed by atoms with Crippen LogP contribution in [-0.4, -0.2) is 29.3 Å². The molecule has 1 heterocycles. The van der Waals surface area contributed by atoms with Crippen LogP contribution in [0.2, 0.25) is 0 Å². The topological polar surface area (TPSA) is 61.3 Å². The second-order valence-corrected chi connectivity index (χ2v) is 5.99. The molecule has 20 heavy (non-hydrogen) atoms. The molecular formula is C13H14N2O3S2. The fraction of sp³-hybridized carbons (Fsp3) is 0.308. The molecule has 0 bridgehead atoms. The number of methoxy groups -OCH3 is 1. The zero-order valence-electron chi connectivity index (χ0n) is 11.4. The summed E-state index contributed by atoms with van der Waals surface area (Å²) in [5, 5.41) is 8.79. The summed E-state index contributed by atoms with van der Waals surface area (Å²) in [7, 11) is 1.57. The van der Waals surface area contributed by atoms with Gasteiger partial charge >= 0.3 is 0 Å². The Hall–Kier alpha value is -1.60. The third-order valence-electron chi connectivity index (χ3n) is 2.54. The van der Waals surface area contributed by atoms with E-state index in [-0.39, 0.29) is 12.4 Å². The minimum Gasteiger partial charge on any atom is -0.497 e. The molecule has 2 aromatic rings. The van der Waals surface area contributed by atoms with Gasteiger partial charge in [-0.2, -0.15) is 0 Å². The van der Waals surface area contributed by atoms with Crippen LogP contribution in [0.3, 0.4) is 0 Å². The molecule has 0 fully saturated rings. The fourth-order valence-corrected chi connectivity index (χ4v) is 2.79. The molecule has 0 saturated heterocycles. The molecule has 0 unspecified atom stereocenters. The Labute approximate surface area is 125 Å². The molecule has 0 amide bonds. The van der Waals surface area contributed by atoms with E-state index in [1.54, 1.807) is 37.1 Å². The second kappa shape index (κ2) is 6.71. The summed E-state index contributed by atoms with van der Waals surface area (Å²) in [5.41, 5.74) is 0.528. The normalized spacial score (nSPS) is 10.3. The Balaban J connectivity index is 2.16. The van der Waals surface area contributed by atoms with Gasteiger partial charge in [0.05, 0.1) is 12.7 Å². The third kappa shape index (κ3) is 3.49. The number of thioether (sulfide) groups is 1. The molecule has 7 heteroatoms. The van der Waals surface area contributed by atoms with E-state index in [9.17, 15) is 4.79 Å².